The molecule has 0 saturated heterocycles. The van der Waals surface area contributed by atoms with Crippen molar-refractivity contribution in [2.75, 3.05) is 0 Å². The van der Waals surface area contributed by atoms with Crippen LogP contribution in [0.4, 0.5) is 0 Å². The summed E-state index contributed by atoms with van der Waals surface area (Å²) in [7, 11) is 0. The summed E-state index contributed by atoms with van der Waals surface area (Å²) in [6.07, 6.45) is 3.86. The number of fused-ring (bicyclic) bond motifs is 15. The molecule has 0 amide bonds. The first-order valence-corrected chi connectivity index (χ1v) is 12.2. The molecule has 0 bridgehead atoms. The number of pyridine rings is 2. The summed E-state index contributed by atoms with van der Waals surface area (Å²) in [6.45, 7) is 0. The molecule has 0 saturated carbocycles. The van der Waals surface area contributed by atoms with E-state index in [-0.39, 0.29) is 0 Å². The molecule has 0 aliphatic heterocycles. The standard InChI is InChI=1S/C32H19N3/c1-2-7-22-18(6-1)14-20-17-26-21(16-25(20)22)15-19-11-12-23-24-8-5-13-33-31(24)35-28-10-4-3-9-27(28)34-32(35)30(23)29(19)26/h1-13,16-17H,14-15H2. The summed E-state index contributed by atoms with van der Waals surface area (Å²) in [4.78, 5) is 9.98. The third-order valence-corrected chi connectivity index (χ3v) is 8.03. The van der Waals surface area contributed by atoms with E-state index >= 15 is 0 Å². The maximum absolute atomic E-state index is 5.17. The van der Waals surface area contributed by atoms with E-state index in [1.165, 1.54) is 60.7 Å². The van der Waals surface area contributed by atoms with Gasteiger partial charge in [0.15, 0.2) is 0 Å². The number of benzene rings is 4. The van der Waals surface area contributed by atoms with Crippen molar-refractivity contribution >= 4 is 38.5 Å². The predicted octanol–water partition coefficient (Wildman–Crippen LogP) is 7.33. The molecule has 4 aromatic carbocycles. The van der Waals surface area contributed by atoms with Gasteiger partial charge in [0, 0.05) is 17.0 Å². The zero-order valence-electron chi connectivity index (χ0n) is 18.9. The van der Waals surface area contributed by atoms with Gasteiger partial charge >= 0.3 is 0 Å². The largest absolute Gasteiger partial charge is 0.276 e. The van der Waals surface area contributed by atoms with Gasteiger partial charge in [-0.1, -0.05) is 48.5 Å². The molecule has 162 valence electrons. The molecule has 3 aromatic heterocycles. The predicted molar refractivity (Wildman–Crippen MR) is 142 cm³/mol. The lowest BCUT2D eigenvalue weighted by Gasteiger charge is -2.13. The van der Waals surface area contributed by atoms with E-state index in [0.717, 1.165) is 35.2 Å². The van der Waals surface area contributed by atoms with E-state index in [1.54, 1.807) is 0 Å². The average molecular weight is 446 g/mol. The monoisotopic (exact) mass is 445 g/mol. The van der Waals surface area contributed by atoms with Gasteiger partial charge in [-0.25, -0.2) is 9.97 Å². The van der Waals surface area contributed by atoms with E-state index in [4.69, 9.17) is 9.97 Å². The molecule has 0 unspecified atom stereocenters. The van der Waals surface area contributed by atoms with Crippen molar-refractivity contribution in [2.24, 2.45) is 0 Å². The van der Waals surface area contributed by atoms with Gasteiger partial charge in [0.25, 0.3) is 0 Å². The number of nitrogens with zero attached hydrogens (tertiary/aromatic N) is 3. The number of rotatable bonds is 0. The Morgan fingerprint density at radius 1 is 0.600 bits per heavy atom. The van der Waals surface area contributed by atoms with Crippen LogP contribution in [0.3, 0.4) is 0 Å². The third-order valence-electron chi connectivity index (χ3n) is 8.03. The Hall–Kier alpha value is -4.50. The highest BCUT2D eigenvalue weighted by atomic mass is 15.1. The van der Waals surface area contributed by atoms with Crippen LogP contribution in [-0.4, -0.2) is 14.4 Å². The van der Waals surface area contributed by atoms with Crippen molar-refractivity contribution in [1.82, 2.24) is 14.4 Å². The van der Waals surface area contributed by atoms with Gasteiger partial charge in [0.2, 0.25) is 0 Å². The summed E-state index contributed by atoms with van der Waals surface area (Å²) < 4.78 is 2.26. The van der Waals surface area contributed by atoms with Crippen molar-refractivity contribution in [3.8, 4) is 22.3 Å². The molecule has 7 aromatic rings. The lowest BCUT2D eigenvalue weighted by Crippen LogP contribution is -1.95. The molecular formula is C32H19N3. The van der Waals surface area contributed by atoms with Crippen LogP contribution in [0.5, 0.6) is 0 Å². The van der Waals surface area contributed by atoms with E-state index in [0.29, 0.717) is 0 Å². The highest BCUT2D eigenvalue weighted by molar-refractivity contribution is 6.19. The molecule has 3 heterocycles. The Labute approximate surface area is 201 Å². The molecule has 3 heteroatoms. The fraction of sp³-hybridized carbons (Fsp3) is 0.0625. The van der Waals surface area contributed by atoms with Crippen LogP contribution in [0.25, 0.3) is 60.7 Å². The van der Waals surface area contributed by atoms with Crippen molar-refractivity contribution in [2.45, 2.75) is 12.8 Å². The van der Waals surface area contributed by atoms with E-state index < -0.39 is 0 Å². The van der Waals surface area contributed by atoms with Gasteiger partial charge in [0.1, 0.15) is 11.3 Å². The molecule has 2 aliphatic rings. The normalized spacial score (nSPS) is 13.5. The lowest BCUT2D eigenvalue weighted by molar-refractivity contribution is 1.23. The number of aromatic nitrogens is 3. The minimum atomic E-state index is 0.964. The topological polar surface area (TPSA) is 30.2 Å². The second-order valence-corrected chi connectivity index (χ2v) is 9.83. The first kappa shape index (κ1) is 17.9. The molecule has 0 atom stereocenters. The lowest BCUT2D eigenvalue weighted by atomic mass is 9.94. The van der Waals surface area contributed by atoms with Gasteiger partial charge in [-0.05, 0) is 99.1 Å². The summed E-state index contributed by atoms with van der Waals surface area (Å²) in [5.41, 5.74) is 15.3. The van der Waals surface area contributed by atoms with E-state index in [2.05, 4.69) is 83.3 Å². The Kier molecular flexibility index (Phi) is 3.14. The fourth-order valence-electron chi connectivity index (χ4n) is 6.56. The van der Waals surface area contributed by atoms with E-state index in [1.807, 2.05) is 12.3 Å². The SMILES string of the molecule is c1ccc2c(c1)Cc1cc3c(cc1-2)Cc1ccc2c4cccnc4n4c5ccccc5nc4c2c1-3. The number of imidazole rings is 1. The van der Waals surface area contributed by atoms with Crippen molar-refractivity contribution in [3.63, 3.8) is 0 Å². The second-order valence-electron chi connectivity index (χ2n) is 9.83. The van der Waals surface area contributed by atoms with Crippen LogP contribution in [0.15, 0.2) is 91.1 Å². The molecule has 2 aliphatic carbocycles. The molecular weight excluding hydrogens is 426 g/mol. The summed E-state index contributed by atoms with van der Waals surface area (Å²) in [5.74, 6) is 0. The first-order chi connectivity index (χ1) is 17.3. The van der Waals surface area contributed by atoms with E-state index in [9.17, 15) is 0 Å². The first-order valence-electron chi connectivity index (χ1n) is 12.2. The molecule has 9 rings (SSSR count). The maximum Gasteiger partial charge on any atom is 0.148 e. The van der Waals surface area contributed by atoms with Crippen LogP contribution < -0.4 is 0 Å². The zero-order chi connectivity index (χ0) is 22.7. The van der Waals surface area contributed by atoms with Crippen molar-refractivity contribution in [1.29, 1.82) is 0 Å². The maximum atomic E-state index is 5.17. The average Bonchev–Trinajstić information content (AvgIpc) is 3.58. The van der Waals surface area contributed by atoms with Gasteiger partial charge in [-0.15, -0.1) is 0 Å². The number of para-hydroxylation sites is 2. The molecule has 0 fully saturated rings. The molecule has 3 nitrogen and oxygen atoms in total. The Balaban J connectivity index is 1.45. The highest BCUT2D eigenvalue weighted by Crippen LogP contribution is 2.48. The van der Waals surface area contributed by atoms with Gasteiger partial charge in [-0.3, -0.25) is 4.40 Å². The van der Waals surface area contributed by atoms with Gasteiger partial charge in [-0.2, -0.15) is 0 Å². The smallest absolute Gasteiger partial charge is 0.148 e. The third kappa shape index (κ3) is 2.17. The Morgan fingerprint density at radius 3 is 2.43 bits per heavy atom. The summed E-state index contributed by atoms with van der Waals surface area (Å²) >= 11 is 0. The second kappa shape index (κ2) is 6.13. The van der Waals surface area contributed by atoms with Gasteiger partial charge in [0.05, 0.1) is 11.0 Å². The van der Waals surface area contributed by atoms with Crippen LogP contribution in [0.2, 0.25) is 0 Å². The highest BCUT2D eigenvalue weighted by Gasteiger charge is 2.28. The van der Waals surface area contributed by atoms with Crippen LogP contribution in [0, 0.1) is 0 Å². The number of hydrogen-bond acceptors (Lipinski definition) is 2. The Bertz CT molecular complexity index is 2060. The van der Waals surface area contributed by atoms with Crippen LogP contribution >= 0.6 is 0 Å². The number of hydrogen-bond donors (Lipinski definition) is 0. The Morgan fingerprint density at radius 2 is 1.43 bits per heavy atom. The molecule has 0 radical (unpaired) electrons. The van der Waals surface area contributed by atoms with Crippen LogP contribution in [0.1, 0.15) is 22.3 Å². The summed E-state index contributed by atoms with van der Waals surface area (Å²) in [5, 5.41) is 3.64. The zero-order valence-corrected chi connectivity index (χ0v) is 18.9. The fourth-order valence-corrected chi connectivity index (χ4v) is 6.56. The molecule has 0 N–H and O–H groups in total. The van der Waals surface area contributed by atoms with Gasteiger partial charge < -0.3 is 0 Å². The summed E-state index contributed by atoms with van der Waals surface area (Å²) in [6, 6.07) is 31.0. The molecule has 35 heavy (non-hydrogen) atoms. The minimum Gasteiger partial charge on any atom is -0.276 e. The minimum absolute atomic E-state index is 0.964. The van der Waals surface area contributed by atoms with Crippen molar-refractivity contribution in [3.05, 3.63) is 113 Å². The quantitative estimate of drug-likeness (QED) is 0.229. The van der Waals surface area contributed by atoms with Crippen LogP contribution in [-0.2, 0) is 12.8 Å². The van der Waals surface area contributed by atoms with Crippen molar-refractivity contribution < 1.29 is 0 Å². The molecule has 0 spiro atoms.